The van der Waals surface area contributed by atoms with Crippen molar-refractivity contribution in [3.63, 3.8) is 0 Å². The van der Waals surface area contributed by atoms with Crippen LogP contribution in [0.4, 0.5) is 28.4 Å². The lowest BCUT2D eigenvalue weighted by Crippen LogP contribution is -2.22. The minimum Gasteiger partial charge on any atom is -0.319 e. The lowest BCUT2D eigenvalue weighted by atomic mass is 10.3. The Morgan fingerprint density at radius 3 is 2.06 bits per heavy atom. The highest BCUT2D eigenvalue weighted by Gasteiger charge is 2.15. The van der Waals surface area contributed by atoms with Gasteiger partial charge in [-0.05, 0) is 24.3 Å². The molecule has 3 aromatic carbocycles. The molecule has 3 aromatic rings. The Hall–Kier alpha value is -4.42. The minimum absolute atomic E-state index is 0.0175. The van der Waals surface area contributed by atoms with Gasteiger partial charge in [0.05, 0.1) is 25.6 Å². The van der Waals surface area contributed by atoms with Gasteiger partial charge in [-0.25, -0.2) is 0 Å². The number of nitrogens with zero attached hydrogens (tertiary/aromatic N) is 5. The molecule has 0 bridgehead atoms. The second kappa shape index (κ2) is 10.9. The van der Waals surface area contributed by atoms with Crippen molar-refractivity contribution in [3.8, 4) is 0 Å². The highest BCUT2D eigenvalue weighted by Crippen LogP contribution is 2.29. The van der Waals surface area contributed by atoms with E-state index in [2.05, 4.69) is 26.1 Å². The molecule has 34 heavy (non-hydrogen) atoms. The Kier molecular flexibility index (Phi) is 7.79. The van der Waals surface area contributed by atoms with E-state index in [1.165, 1.54) is 24.3 Å². The number of hydrazone groups is 1. The van der Waals surface area contributed by atoms with Crippen molar-refractivity contribution < 1.29 is 14.6 Å². The molecule has 3 rings (SSSR count). The van der Waals surface area contributed by atoms with Crippen LogP contribution in [0.2, 0.25) is 10.0 Å². The van der Waals surface area contributed by atoms with Crippen molar-refractivity contribution in [2.75, 3.05) is 10.7 Å². The van der Waals surface area contributed by atoms with Crippen LogP contribution in [0, 0.1) is 20.2 Å². The number of hydrogen-bond acceptors (Lipinski definition) is 8. The van der Waals surface area contributed by atoms with Gasteiger partial charge in [-0.3, -0.25) is 30.4 Å². The van der Waals surface area contributed by atoms with Gasteiger partial charge in [-0.2, -0.15) is 0 Å². The summed E-state index contributed by atoms with van der Waals surface area (Å²) in [5.74, 6) is -1.20. The summed E-state index contributed by atoms with van der Waals surface area (Å²) in [5, 5.41) is 35.8. The molecule has 0 aliphatic carbocycles. The molecule has 172 valence electrons. The molecule has 2 N–H and O–H groups in total. The third kappa shape index (κ3) is 6.31. The second-order valence-corrected chi connectivity index (χ2v) is 7.20. The number of nitro benzene ring substituents is 2. The number of non-ortho nitro benzene ring substituents is 2. The largest absolute Gasteiger partial charge is 0.319 e. The first-order valence-corrected chi connectivity index (χ1v) is 10.00. The molecular formula is C20H13Cl2N7O5. The number of azo groups is 1. The van der Waals surface area contributed by atoms with E-state index >= 15 is 0 Å². The number of para-hydroxylation sites is 1. The summed E-state index contributed by atoms with van der Waals surface area (Å²) in [6.45, 7) is 0. The first-order valence-electron chi connectivity index (χ1n) is 9.24. The normalized spacial score (nSPS) is 11.3. The number of nitro groups is 2. The number of hydrogen-bond donors (Lipinski definition) is 2. The van der Waals surface area contributed by atoms with Crippen LogP contribution in [0.1, 0.15) is 0 Å². The summed E-state index contributed by atoms with van der Waals surface area (Å²) < 4.78 is 0. The predicted octanol–water partition coefficient (Wildman–Crippen LogP) is 5.96. The van der Waals surface area contributed by atoms with Crippen LogP contribution in [-0.2, 0) is 4.79 Å². The monoisotopic (exact) mass is 501 g/mol. The minimum atomic E-state index is -0.751. The summed E-state index contributed by atoms with van der Waals surface area (Å²) in [7, 11) is 0. The zero-order valence-electron chi connectivity index (χ0n) is 16.9. The van der Waals surface area contributed by atoms with Gasteiger partial charge < -0.3 is 5.32 Å². The fourth-order valence-electron chi connectivity index (χ4n) is 2.44. The Balaban J connectivity index is 1.90. The maximum Gasteiger partial charge on any atom is 0.297 e. The van der Waals surface area contributed by atoms with Gasteiger partial charge in [-0.15, -0.1) is 15.3 Å². The van der Waals surface area contributed by atoms with Crippen molar-refractivity contribution in [1.82, 2.24) is 0 Å². The van der Waals surface area contributed by atoms with Crippen LogP contribution in [0.5, 0.6) is 0 Å². The van der Waals surface area contributed by atoms with Gasteiger partial charge >= 0.3 is 0 Å². The molecule has 0 saturated heterocycles. The van der Waals surface area contributed by atoms with Crippen molar-refractivity contribution in [2.45, 2.75) is 0 Å². The standard InChI is InChI=1S/C20H13Cl2N7O5/c21-15-10-13(28(31)32)6-8-17(15)24-26-19(20(30)23-12-4-2-1-3-5-12)27-25-18-9-7-14(29(33)34)11-16(18)22/h1-11,24H,(H,23,30). The number of carbonyl (C=O) groups excluding carboxylic acids is 1. The first kappa shape index (κ1) is 24.2. The second-order valence-electron chi connectivity index (χ2n) is 6.38. The summed E-state index contributed by atoms with van der Waals surface area (Å²) in [6.07, 6.45) is 0. The number of rotatable bonds is 6. The van der Waals surface area contributed by atoms with Gasteiger partial charge in [0.25, 0.3) is 23.1 Å². The molecular weight excluding hydrogens is 489 g/mol. The van der Waals surface area contributed by atoms with E-state index in [4.69, 9.17) is 23.2 Å². The maximum atomic E-state index is 12.7. The molecule has 0 spiro atoms. The third-order valence-corrected chi connectivity index (χ3v) is 4.69. The van der Waals surface area contributed by atoms with Crippen molar-refractivity contribution in [3.05, 3.63) is 97.0 Å². The van der Waals surface area contributed by atoms with Crippen LogP contribution in [-0.4, -0.2) is 21.6 Å². The van der Waals surface area contributed by atoms with E-state index in [9.17, 15) is 25.0 Å². The molecule has 12 nitrogen and oxygen atoms in total. The highest BCUT2D eigenvalue weighted by molar-refractivity contribution is 6.42. The van der Waals surface area contributed by atoms with Gasteiger partial charge in [0.15, 0.2) is 0 Å². The molecule has 1 amide bonds. The lowest BCUT2D eigenvalue weighted by molar-refractivity contribution is -0.385. The van der Waals surface area contributed by atoms with Crippen molar-refractivity contribution in [1.29, 1.82) is 0 Å². The fraction of sp³-hybridized carbons (Fsp3) is 0. The van der Waals surface area contributed by atoms with Gasteiger partial charge in [0, 0.05) is 30.0 Å². The maximum absolute atomic E-state index is 12.7. The van der Waals surface area contributed by atoms with Crippen LogP contribution in [0.15, 0.2) is 82.1 Å². The SMILES string of the molecule is O=C(Nc1ccccc1)C(N=Nc1ccc([N+](=O)[O-])cc1Cl)=NNc1ccc([N+](=O)[O-])cc1Cl. The number of carbonyl (C=O) groups is 1. The van der Waals surface area contributed by atoms with E-state index < -0.39 is 21.6 Å². The first-order chi connectivity index (χ1) is 16.2. The molecule has 0 aliphatic rings. The van der Waals surface area contributed by atoms with Crippen LogP contribution in [0.25, 0.3) is 0 Å². The molecule has 0 fully saturated rings. The fourth-order valence-corrected chi connectivity index (χ4v) is 2.87. The quantitative estimate of drug-likeness (QED) is 0.139. The molecule has 0 unspecified atom stereocenters. The van der Waals surface area contributed by atoms with E-state index in [-0.39, 0.29) is 32.8 Å². The number of benzene rings is 3. The van der Waals surface area contributed by atoms with Gasteiger partial charge in [0.1, 0.15) is 5.69 Å². The Morgan fingerprint density at radius 2 is 1.47 bits per heavy atom. The molecule has 0 aliphatic heterocycles. The number of anilines is 2. The average Bonchev–Trinajstić information content (AvgIpc) is 2.81. The number of amidine groups is 1. The predicted molar refractivity (Wildman–Crippen MR) is 127 cm³/mol. The zero-order chi connectivity index (χ0) is 24.7. The molecule has 0 saturated carbocycles. The third-order valence-electron chi connectivity index (χ3n) is 4.08. The summed E-state index contributed by atoms with van der Waals surface area (Å²) in [5.41, 5.74) is 2.73. The summed E-state index contributed by atoms with van der Waals surface area (Å²) in [6, 6.07) is 15.6. The molecule has 14 heteroatoms. The smallest absolute Gasteiger partial charge is 0.297 e. The van der Waals surface area contributed by atoms with E-state index in [1.54, 1.807) is 30.3 Å². The number of halogens is 2. The van der Waals surface area contributed by atoms with Crippen LogP contribution < -0.4 is 10.7 Å². The molecule has 0 heterocycles. The summed E-state index contributed by atoms with van der Waals surface area (Å²) >= 11 is 12.1. The average molecular weight is 502 g/mol. The van der Waals surface area contributed by atoms with Gasteiger partial charge in [-0.1, -0.05) is 41.4 Å². The zero-order valence-corrected chi connectivity index (χ0v) is 18.4. The van der Waals surface area contributed by atoms with E-state index in [1.807, 2.05) is 0 Å². The summed E-state index contributed by atoms with van der Waals surface area (Å²) in [4.78, 5) is 33.2. The number of nitrogens with one attached hydrogen (secondary N) is 2. The Bertz CT molecular complexity index is 1320. The van der Waals surface area contributed by atoms with E-state index in [0.717, 1.165) is 12.1 Å². The van der Waals surface area contributed by atoms with Crippen molar-refractivity contribution in [2.24, 2.45) is 15.3 Å². The van der Waals surface area contributed by atoms with Crippen LogP contribution >= 0.6 is 23.2 Å². The highest BCUT2D eigenvalue weighted by atomic mass is 35.5. The van der Waals surface area contributed by atoms with Crippen LogP contribution in [0.3, 0.4) is 0 Å². The lowest BCUT2D eigenvalue weighted by Gasteiger charge is -2.06. The molecule has 0 radical (unpaired) electrons. The number of amides is 1. The molecule has 0 atom stereocenters. The Morgan fingerprint density at radius 1 is 0.853 bits per heavy atom. The molecule has 0 aromatic heterocycles. The van der Waals surface area contributed by atoms with Crippen molar-refractivity contribution >= 4 is 63.4 Å². The van der Waals surface area contributed by atoms with E-state index in [0.29, 0.717) is 5.69 Å². The topological polar surface area (TPSA) is 164 Å². The van der Waals surface area contributed by atoms with Gasteiger partial charge in [0.2, 0.25) is 0 Å². The Labute approximate surface area is 201 Å².